The van der Waals surface area contributed by atoms with Crippen molar-refractivity contribution in [2.24, 2.45) is 5.73 Å². The average molecular weight is 485 g/mol. The summed E-state index contributed by atoms with van der Waals surface area (Å²) in [6.45, 7) is 0.435. The summed E-state index contributed by atoms with van der Waals surface area (Å²) in [6, 6.07) is 14.9. The molecule has 10 nitrogen and oxygen atoms in total. The van der Waals surface area contributed by atoms with Gasteiger partial charge in [0, 0.05) is 49.0 Å². The molecule has 1 atom stereocenters. The van der Waals surface area contributed by atoms with Crippen LogP contribution in [-0.4, -0.2) is 55.3 Å². The molecule has 36 heavy (non-hydrogen) atoms. The molecule has 0 radical (unpaired) electrons. The molecule has 1 aromatic carbocycles. The van der Waals surface area contributed by atoms with Gasteiger partial charge in [-0.25, -0.2) is 4.98 Å². The van der Waals surface area contributed by atoms with Crippen LogP contribution in [0.25, 0.3) is 33.8 Å². The van der Waals surface area contributed by atoms with Crippen LogP contribution in [0.5, 0.6) is 0 Å². The Morgan fingerprint density at radius 3 is 2.58 bits per heavy atom. The highest BCUT2D eigenvalue weighted by Gasteiger charge is 2.48. The SMILES string of the molecule is CN1CC[C@@](O)(c2cc(-c3cccc(-c4cc(-c5ccnn5C5CC5)cc(C(N)=O)n4)c3)no2)C1=O. The van der Waals surface area contributed by atoms with Gasteiger partial charge in [-0.3, -0.25) is 14.3 Å². The van der Waals surface area contributed by atoms with E-state index in [0.717, 1.165) is 29.7 Å². The number of aliphatic hydroxyl groups is 1. The molecular formula is C26H24N6O4. The Labute approximate surface area is 206 Å². The number of nitrogens with zero attached hydrogens (tertiary/aromatic N) is 5. The number of nitrogens with two attached hydrogens (primary N) is 1. The monoisotopic (exact) mass is 484 g/mol. The van der Waals surface area contributed by atoms with Crippen LogP contribution in [0.2, 0.25) is 0 Å². The second kappa shape index (κ2) is 8.13. The normalized spacial score (nSPS) is 19.7. The standard InChI is InChI=1S/C26H24N6O4/c1-31-10-8-26(35,25(31)34)23-14-20(30-36-23)16-4-2-3-15(11-16)19-12-17(13-21(29-19)24(27)33)22-7-9-28-32(22)18-5-6-18/h2-4,7,9,11-14,18,35H,5-6,8,10H2,1H3,(H2,27,33)/t26-/m1/s1. The number of rotatable bonds is 6. The minimum Gasteiger partial charge on any atom is -0.373 e. The van der Waals surface area contributed by atoms with Gasteiger partial charge in [0.1, 0.15) is 11.4 Å². The van der Waals surface area contributed by atoms with Crippen molar-refractivity contribution in [3.05, 3.63) is 66.2 Å². The highest BCUT2D eigenvalue weighted by Crippen LogP contribution is 2.39. The molecular weight excluding hydrogens is 460 g/mol. The van der Waals surface area contributed by atoms with Gasteiger partial charge >= 0.3 is 0 Å². The third-order valence-electron chi connectivity index (χ3n) is 6.82. The molecule has 4 aromatic rings. The largest absolute Gasteiger partial charge is 0.373 e. The minimum absolute atomic E-state index is 0.113. The highest BCUT2D eigenvalue weighted by molar-refractivity contribution is 5.93. The number of likely N-dealkylation sites (tertiary alicyclic amines) is 1. The van der Waals surface area contributed by atoms with Crippen LogP contribution >= 0.6 is 0 Å². The van der Waals surface area contributed by atoms with Gasteiger partial charge in [-0.1, -0.05) is 23.4 Å². The summed E-state index contributed by atoms with van der Waals surface area (Å²) < 4.78 is 7.37. The molecule has 182 valence electrons. The van der Waals surface area contributed by atoms with Gasteiger partial charge in [-0.2, -0.15) is 5.10 Å². The Hall–Kier alpha value is -4.31. The predicted octanol–water partition coefficient (Wildman–Crippen LogP) is 2.75. The number of primary amides is 1. The quantitative estimate of drug-likeness (QED) is 0.429. The topological polar surface area (TPSA) is 140 Å². The summed E-state index contributed by atoms with van der Waals surface area (Å²) >= 11 is 0. The van der Waals surface area contributed by atoms with Gasteiger partial charge in [-0.15, -0.1) is 0 Å². The minimum atomic E-state index is -1.71. The van der Waals surface area contributed by atoms with E-state index in [9.17, 15) is 14.7 Å². The molecule has 1 aliphatic heterocycles. The Kier molecular flexibility index (Phi) is 5.01. The van der Waals surface area contributed by atoms with Gasteiger partial charge in [0.15, 0.2) is 5.76 Å². The number of carbonyl (C=O) groups excluding carboxylic acids is 2. The first-order valence-electron chi connectivity index (χ1n) is 11.8. The molecule has 3 aromatic heterocycles. The summed E-state index contributed by atoms with van der Waals surface area (Å²) in [4.78, 5) is 30.5. The van der Waals surface area contributed by atoms with Crippen LogP contribution in [0.1, 0.15) is 41.6 Å². The van der Waals surface area contributed by atoms with Crippen LogP contribution in [0.3, 0.4) is 0 Å². The molecule has 3 N–H and O–H groups in total. The third kappa shape index (κ3) is 3.66. The fourth-order valence-electron chi connectivity index (χ4n) is 4.63. The smallest absolute Gasteiger partial charge is 0.267 e. The van der Waals surface area contributed by atoms with Crippen molar-refractivity contribution in [3.63, 3.8) is 0 Å². The molecule has 2 aliphatic rings. The molecule has 1 saturated heterocycles. The summed E-state index contributed by atoms with van der Waals surface area (Å²) in [5.41, 5.74) is 8.26. The van der Waals surface area contributed by atoms with E-state index in [4.69, 9.17) is 10.3 Å². The van der Waals surface area contributed by atoms with E-state index in [0.29, 0.717) is 29.5 Å². The molecule has 0 unspecified atom stereocenters. The van der Waals surface area contributed by atoms with Crippen LogP contribution in [0, 0.1) is 0 Å². The van der Waals surface area contributed by atoms with E-state index < -0.39 is 17.4 Å². The average Bonchev–Trinajstić information content (AvgIpc) is 3.28. The van der Waals surface area contributed by atoms with Crippen molar-refractivity contribution < 1.29 is 19.2 Å². The Morgan fingerprint density at radius 2 is 1.89 bits per heavy atom. The van der Waals surface area contributed by atoms with E-state index >= 15 is 0 Å². The fraction of sp³-hybridized carbons (Fsp3) is 0.269. The van der Waals surface area contributed by atoms with Crippen LogP contribution in [-0.2, 0) is 10.4 Å². The zero-order valence-corrected chi connectivity index (χ0v) is 19.6. The molecule has 1 aliphatic carbocycles. The van der Waals surface area contributed by atoms with Crippen LogP contribution in [0.15, 0.2) is 59.3 Å². The first kappa shape index (κ1) is 22.2. The molecule has 4 heterocycles. The summed E-state index contributed by atoms with van der Waals surface area (Å²) in [7, 11) is 1.64. The molecule has 0 spiro atoms. The lowest BCUT2D eigenvalue weighted by atomic mass is 9.97. The Balaban J connectivity index is 1.38. The van der Waals surface area contributed by atoms with Crippen LogP contribution in [0.4, 0.5) is 0 Å². The van der Waals surface area contributed by atoms with E-state index in [2.05, 4.69) is 15.2 Å². The van der Waals surface area contributed by atoms with Gasteiger partial charge in [-0.05, 0) is 37.1 Å². The van der Waals surface area contributed by atoms with Crippen molar-refractivity contribution in [1.29, 1.82) is 0 Å². The lowest BCUT2D eigenvalue weighted by Crippen LogP contribution is -2.35. The first-order chi connectivity index (χ1) is 17.3. The lowest BCUT2D eigenvalue weighted by Gasteiger charge is -2.16. The summed E-state index contributed by atoms with van der Waals surface area (Å²) in [5, 5.41) is 19.4. The van der Waals surface area contributed by atoms with E-state index in [-0.39, 0.29) is 17.9 Å². The molecule has 1 saturated carbocycles. The van der Waals surface area contributed by atoms with Gasteiger partial charge in [0.25, 0.3) is 11.8 Å². The number of likely N-dealkylation sites (N-methyl/N-ethyl adjacent to an activating group) is 1. The molecule has 2 amide bonds. The van der Waals surface area contributed by atoms with E-state index in [1.807, 2.05) is 41.1 Å². The number of aromatic nitrogens is 4. The van der Waals surface area contributed by atoms with Crippen molar-refractivity contribution >= 4 is 11.8 Å². The van der Waals surface area contributed by atoms with Crippen molar-refractivity contribution in [1.82, 2.24) is 24.8 Å². The van der Waals surface area contributed by atoms with Crippen molar-refractivity contribution in [2.45, 2.75) is 30.9 Å². The molecule has 2 fully saturated rings. The fourth-order valence-corrected chi connectivity index (χ4v) is 4.63. The number of carbonyl (C=O) groups is 2. The predicted molar refractivity (Wildman–Crippen MR) is 129 cm³/mol. The molecule has 0 bridgehead atoms. The number of benzene rings is 1. The summed E-state index contributed by atoms with van der Waals surface area (Å²) in [6.07, 6.45) is 4.14. The number of amides is 2. The second-order valence-electron chi connectivity index (χ2n) is 9.38. The Morgan fingerprint density at radius 1 is 1.11 bits per heavy atom. The number of hydrogen-bond acceptors (Lipinski definition) is 7. The van der Waals surface area contributed by atoms with Crippen molar-refractivity contribution in [3.8, 4) is 33.8 Å². The van der Waals surface area contributed by atoms with E-state index in [1.54, 1.807) is 25.4 Å². The van der Waals surface area contributed by atoms with Gasteiger partial charge in [0.05, 0.1) is 17.4 Å². The maximum absolute atomic E-state index is 12.4. The maximum Gasteiger partial charge on any atom is 0.267 e. The first-order valence-corrected chi connectivity index (χ1v) is 11.8. The van der Waals surface area contributed by atoms with Crippen LogP contribution < -0.4 is 5.73 Å². The molecule has 6 rings (SSSR count). The van der Waals surface area contributed by atoms with Crippen molar-refractivity contribution in [2.75, 3.05) is 13.6 Å². The summed E-state index contributed by atoms with van der Waals surface area (Å²) in [5.74, 6) is -0.918. The van der Waals surface area contributed by atoms with Gasteiger partial charge in [0.2, 0.25) is 5.60 Å². The van der Waals surface area contributed by atoms with E-state index in [1.165, 1.54) is 4.90 Å². The second-order valence-corrected chi connectivity index (χ2v) is 9.38. The number of hydrogen-bond donors (Lipinski definition) is 2. The number of pyridine rings is 1. The lowest BCUT2D eigenvalue weighted by molar-refractivity contribution is -0.144. The molecule has 10 heteroatoms. The Bertz CT molecular complexity index is 1500. The maximum atomic E-state index is 12.4. The third-order valence-corrected chi connectivity index (χ3v) is 6.82. The zero-order chi connectivity index (χ0) is 25.0. The zero-order valence-electron chi connectivity index (χ0n) is 19.6. The highest BCUT2D eigenvalue weighted by atomic mass is 16.5. The van der Waals surface area contributed by atoms with Gasteiger partial charge < -0.3 is 20.3 Å².